The van der Waals surface area contributed by atoms with Crippen LogP contribution in [0.2, 0.25) is 5.02 Å². The fourth-order valence-corrected chi connectivity index (χ4v) is 4.25. The summed E-state index contributed by atoms with van der Waals surface area (Å²) in [5.41, 5.74) is 5.94. The first-order chi connectivity index (χ1) is 11.0. The molecule has 23 heavy (non-hydrogen) atoms. The monoisotopic (exact) mass is 388 g/mol. The Morgan fingerprint density at radius 3 is 2.48 bits per heavy atom. The highest BCUT2D eigenvalue weighted by molar-refractivity contribution is 8.03. The summed E-state index contributed by atoms with van der Waals surface area (Å²) in [6.07, 6.45) is 0. The largest absolute Gasteiger partial charge is 0.369 e. The van der Waals surface area contributed by atoms with E-state index in [1.54, 1.807) is 6.07 Å². The molecular weight excluding hydrogens is 376 g/mol. The second kappa shape index (κ2) is 9.11. The van der Waals surface area contributed by atoms with E-state index < -0.39 is 5.91 Å². The van der Waals surface area contributed by atoms with Crippen LogP contribution in [0.5, 0.6) is 0 Å². The fourth-order valence-electron chi connectivity index (χ4n) is 1.46. The molecule has 10 heteroatoms. The van der Waals surface area contributed by atoms with Gasteiger partial charge in [0.1, 0.15) is 0 Å². The Morgan fingerprint density at radius 2 is 1.83 bits per heavy atom. The van der Waals surface area contributed by atoms with Gasteiger partial charge in [-0.1, -0.05) is 64.7 Å². The number of carbonyl (C=O) groups is 2. The number of hydrogen-bond donors (Lipinski definition) is 2. The normalized spacial score (nSPS) is 10.5. The lowest BCUT2D eigenvalue weighted by molar-refractivity contribution is -0.118. The minimum absolute atomic E-state index is 0.114. The minimum atomic E-state index is -0.404. The van der Waals surface area contributed by atoms with Crippen molar-refractivity contribution in [3.63, 3.8) is 0 Å². The van der Waals surface area contributed by atoms with Crippen molar-refractivity contribution in [1.82, 2.24) is 15.5 Å². The van der Waals surface area contributed by atoms with Gasteiger partial charge >= 0.3 is 0 Å². The van der Waals surface area contributed by atoms with Crippen molar-refractivity contribution >= 4 is 58.3 Å². The highest BCUT2D eigenvalue weighted by Gasteiger charge is 2.10. The molecule has 0 aliphatic rings. The molecule has 0 aliphatic carbocycles. The summed E-state index contributed by atoms with van der Waals surface area (Å²) in [6, 6.07) is 7.36. The van der Waals surface area contributed by atoms with Crippen LogP contribution in [0.1, 0.15) is 5.56 Å². The molecule has 0 saturated heterocycles. The van der Waals surface area contributed by atoms with Crippen molar-refractivity contribution in [2.75, 3.05) is 11.5 Å². The lowest BCUT2D eigenvalue weighted by atomic mass is 10.2. The predicted molar refractivity (Wildman–Crippen MR) is 93.9 cm³/mol. The van der Waals surface area contributed by atoms with Crippen LogP contribution in [0.25, 0.3) is 0 Å². The number of rotatable bonds is 8. The van der Waals surface area contributed by atoms with Gasteiger partial charge in [-0.05, 0) is 11.6 Å². The Morgan fingerprint density at radius 1 is 1.17 bits per heavy atom. The molecule has 1 aromatic heterocycles. The number of hydrogen-bond acceptors (Lipinski definition) is 7. The molecule has 6 nitrogen and oxygen atoms in total. The third-order valence-corrected chi connectivity index (χ3v) is 6.07. The van der Waals surface area contributed by atoms with Crippen molar-refractivity contribution in [3.8, 4) is 0 Å². The summed E-state index contributed by atoms with van der Waals surface area (Å²) in [6.45, 7) is 0.384. The molecule has 0 atom stereocenters. The van der Waals surface area contributed by atoms with Crippen LogP contribution in [-0.4, -0.2) is 33.5 Å². The molecule has 1 heterocycles. The highest BCUT2D eigenvalue weighted by atomic mass is 35.5. The maximum absolute atomic E-state index is 11.8. The molecule has 0 spiro atoms. The number of nitrogens with two attached hydrogens (primary N) is 1. The van der Waals surface area contributed by atoms with Crippen LogP contribution in [0, 0.1) is 0 Å². The second-order valence-corrected chi connectivity index (χ2v) is 8.08. The number of primary amides is 1. The van der Waals surface area contributed by atoms with E-state index in [9.17, 15) is 9.59 Å². The van der Waals surface area contributed by atoms with Crippen molar-refractivity contribution in [1.29, 1.82) is 0 Å². The maximum atomic E-state index is 11.8. The van der Waals surface area contributed by atoms with Gasteiger partial charge in [0.05, 0.1) is 11.5 Å². The average Bonchev–Trinajstić information content (AvgIpc) is 2.98. The summed E-state index contributed by atoms with van der Waals surface area (Å²) in [5, 5.41) is 11.3. The SMILES string of the molecule is NC(=O)CSc1nnc(SCC(=O)NCc2ccccc2Cl)s1. The van der Waals surface area contributed by atoms with Crippen LogP contribution >= 0.6 is 46.5 Å². The summed E-state index contributed by atoms with van der Waals surface area (Å²) < 4.78 is 1.33. The molecule has 2 aromatic rings. The van der Waals surface area contributed by atoms with Crippen LogP contribution in [0.3, 0.4) is 0 Å². The number of aromatic nitrogens is 2. The molecule has 0 radical (unpaired) electrons. The third-order valence-electron chi connectivity index (χ3n) is 2.49. The number of nitrogens with one attached hydrogen (secondary N) is 1. The van der Waals surface area contributed by atoms with E-state index in [4.69, 9.17) is 17.3 Å². The van der Waals surface area contributed by atoms with Gasteiger partial charge in [-0.3, -0.25) is 9.59 Å². The van der Waals surface area contributed by atoms with E-state index in [0.29, 0.717) is 20.2 Å². The number of carbonyl (C=O) groups excluding carboxylic acids is 2. The number of halogens is 1. The van der Waals surface area contributed by atoms with Gasteiger partial charge in [0, 0.05) is 11.6 Å². The number of nitrogens with zero attached hydrogens (tertiary/aromatic N) is 2. The Balaban J connectivity index is 1.74. The first-order valence-corrected chi connectivity index (χ1v) is 9.58. The van der Waals surface area contributed by atoms with Gasteiger partial charge in [-0.2, -0.15) is 0 Å². The smallest absolute Gasteiger partial charge is 0.230 e. The summed E-state index contributed by atoms with van der Waals surface area (Å²) in [7, 11) is 0. The Kier molecular flexibility index (Phi) is 7.15. The van der Waals surface area contributed by atoms with Gasteiger partial charge in [-0.25, -0.2) is 0 Å². The van der Waals surface area contributed by atoms with Crippen molar-refractivity contribution in [3.05, 3.63) is 34.9 Å². The molecule has 3 N–H and O–H groups in total. The molecule has 0 bridgehead atoms. The van der Waals surface area contributed by atoms with E-state index in [1.165, 1.54) is 34.9 Å². The molecule has 0 fully saturated rings. The van der Waals surface area contributed by atoms with Crippen molar-refractivity contribution < 1.29 is 9.59 Å². The topological polar surface area (TPSA) is 98.0 Å². The quantitative estimate of drug-likeness (QED) is 0.672. The molecule has 2 amide bonds. The third kappa shape index (κ3) is 6.38. The lowest BCUT2D eigenvalue weighted by Crippen LogP contribution is -2.24. The predicted octanol–water partition coefficient (Wildman–Crippen LogP) is 2.18. The van der Waals surface area contributed by atoms with Crippen molar-refractivity contribution in [2.45, 2.75) is 15.2 Å². The Labute approximate surface area is 150 Å². The van der Waals surface area contributed by atoms with E-state index in [-0.39, 0.29) is 17.4 Å². The molecular formula is C13H13ClN4O2S3. The maximum Gasteiger partial charge on any atom is 0.230 e. The number of amides is 2. The van der Waals surface area contributed by atoms with Gasteiger partial charge in [0.2, 0.25) is 11.8 Å². The van der Waals surface area contributed by atoms with E-state index >= 15 is 0 Å². The molecule has 2 rings (SSSR count). The zero-order chi connectivity index (χ0) is 16.7. The van der Waals surface area contributed by atoms with Crippen LogP contribution in [0.15, 0.2) is 32.9 Å². The zero-order valence-electron chi connectivity index (χ0n) is 11.8. The van der Waals surface area contributed by atoms with E-state index in [2.05, 4.69) is 15.5 Å². The standard InChI is InChI=1S/C13H13ClN4O2S3/c14-9-4-2-1-3-8(9)5-16-11(20)7-22-13-18-17-12(23-13)21-6-10(15)19/h1-4H,5-7H2,(H2,15,19)(H,16,20). The van der Waals surface area contributed by atoms with Crippen LogP contribution in [-0.2, 0) is 16.1 Å². The van der Waals surface area contributed by atoms with Gasteiger partial charge in [0.15, 0.2) is 8.68 Å². The van der Waals surface area contributed by atoms with Gasteiger partial charge in [-0.15, -0.1) is 10.2 Å². The van der Waals surface area contributed by atoms with E-state index in [1.807, 2.05) is 18.2 Å². The Bertz CT molecular complexity index is 695. The molecule has 0 saturated carbocycles. The average molecular weight is 389 g/mol. The highest BCUT2D eigenvalue weighted by Crippen LogP contribution is 2.28. The minimum Gasteiger partial charge on any atom is -0.369 e. The Hall–Kier alpha value is -1.29. The first kappa shape index (κ1) is 18.1. The van der Waals surface area contributed by atoms with Gasteiger partial charge in [0.25, 0.3) is 0 Å². The first-order valence-electron chi connectivity index (χ1n) is 6.42. The molecule has 122 valence electrons. The summed E-state index contributed by atoms with van der Waals surface area (Å²) >= 11 is 9.88. The lowest BCUT2D eigenvalue weighted by Gasteiger charge is -2.05. The zero-order valence-corrected chi connectivity index (χ0v) is 15.0. The fraction of sp³-hybridized carbons (Fsp3) is 0.231. The number of thioether (sulfide) groups is 2. The van der Waals surface area contributed by atoms with E-state index in [0.717, 1.165) is 5.56 Å². The summed E-state index contributed by atoms with van der Waals surface area (Å²) in [4.78, 5) is 22.5. The summed E-state index contributed by atoms with van der Waals surface area (Å²) in [5.74, 6) is -0.119. The van der Waals surface area contributed by atoms with Crippen LogP contribution in [0.4, 0.5) is 0 Å². The molecule has 0 aliphatic heterocycles. The number of benzene rings is 1. The molecule has 1 aromatic carbocycles. The van der Waals surface area contributed by atoms with Crippen LogP contribution < -0.4 is 11.1 Å². The van der Waals surface area contributed by atoms with Gasteiger partial charge < -0.3 is 11.1 Å². The second-order valence-electron chi connectivity index (χ2n) is 4.25. The van der Waals surface area contributed by atoms with Crippen molar-refractivity contribution in [2.24, 2.45) is 5.73 Å². The molecule has 0 unspecified atom stereocenters.